The zero-order valence-electron chi connectivity index (χ0n) is 14.0. The zero-order chi connectivity index (χ0) is 17.4. The molecule has 2 rings (SSSR count). The minimum absolute atomic E-state index is 0. The van der Waals surface area contributed by atoms with Crippen LogP contribution in [0.1, 0.15) is 35.7 Å². The van der Waals surface area contributed by atoms with Gasteiger partial charge in [0.15, 0.2) is 5.78 Å². The smallest absolute Gasteiger partial charge is 0.224 e. The van der Waals surface area contributed by atoms with Crippen molar-refractivity contribution in [3.63, 3.8) is 0 Å². The third-order valence-corrected chi connectivity index (χ3v) is 3.79. The van der Waals surface area contributed by atoms with Gasteiger partial charge in [-0.15, -0.1) is 12.4 Å². The van der Waals surface area contributed by atoms with Gasteiger partial charge in [-0.05, 0) is 48.5 Å². The first kappa shape index (κ1) is 21.2. The molecule has 0 bridgehead atoms. The summed E-state index contributed by atoms with van der Waals surface area (Å²) >= 11 is 5.80. The molecule has 2 aromatic rings. The van der Waals surface area contributed by atoms with Gasteiger partial charge in [0, 0.05) is 35.7 Å². The second kappa shape index (κ2) is 10.9. The molecular weight excluding hydrogens is 359 g/mol. The minimum atomic E-state index is -0.169. The lowest BCUT2D eigenvalue weighted by Crippen LogP contribution is -2.15. The number of halogens is 2. The normalized spacial score (nSPS) is 10.0. The Morgan fingerprint density at radius 1 is 1.04 bits per heavy atom. The molecule has 0 aromatic heterocycles. The fourth-order valence-electron chi connectivity index (χ4n) is 2.26. The van der Waals surface area contributed by atoms with E-state index < -0.39 is 0 Å². The molecule has 0 aliphatic heterocycles. The van der Waals surface area contributed by atoms with Gasteiger partial charge in [-0.25, -0.2) is 0 Å². The Labute approximate surface area is 159 Å². The van der Waals surface area contributed by atoms with Crippen molar-refractivity contribution in [3.05, 3.63) is 64.7 Å². The van der Waals surface area contributed by atoms with Crippen LogP contribution in [0.4, 0.5) is 5.69 Å². The summed E-state index contributed by atoms with van der Waals surface area (Å²) in [6.07, 6.45) is 0.323. The summed E-state index contributed by atoms with van der Waals surface area (Å²) in [5.41, 5.74) is 2.42. The van der Waals surface area contributed by atoms with E-state index in [9.17, 15) is 9.59 Å². The Morgan fingerprint density at radius 2 is 1.76 bits per heavy atom. The molecular formula is C19H22Cl2N2O2. The van der Waals surface area contributed by atoms with Crippen LogP contribution in [0.15, 0.2) is 48.5 Å². The number of carbonyl (C=O) groups is 2. The molecule has 0 heterocycles. The summed E-state index contributed by atoms with van der Waals surface area (Å²) in [5.74, 6) is -0.236. The predicted octanol–water partition coefficient (Wildman–Crippen LogP) is 4.47. The van der Waals surface area contributed by atoms with Crippen molar-refractivity contribution in [3.8, 4) is 0 Å². The highest BCUT2D eigenvalue weighted by molar-refractivity contribution is 6.30. The summed E-state index contributed by atoms with van der Waals surface area (Å²) in [7, 11) is 0. The van der Waals surface area contributed by atoms with Crippen LogP contribution in [0.5, 0.6) is 0 Å². The Bertz CT molecular complexity index is 703. The van der Waals surface area contributed by atoms with E-state index in [1.54, 1.807) is 24.3 Å². The summed E-state index contributed by atoms with van der Waals surface area (Å²) in [4.78, 5) is 24.1. The van der Waals surface area contributed by atoms with Crippen molar-refractivity contribution in [2.24, 2.45) is 0 Å². The van der Waals surface area contributed by atoms with E-state index in [0.29, 0.717) is 10.6 Å². The highest BCUT2D eigenvalue weighted by Gasteiger charge is 2.10. The molecule has 0 saturated carbocycles. The topological polar surface area (TPSA) is 58.2 Å². The summed E-state index contributed by atoms with van der Waals surface area (Å²) in [6.45, 7) is 3.70. The van der Waals surface area contributed by atoms with Crippen molar-refractivity contribution in [1.82, 2.24) is 5.32 Å². The molecule has 0 saturated heterocycles. The van der Waals surface area contributed by atoms with Gasteiger partial charge in [0.1, 0.15) is 0 Å². The predicted molar refractivity (Wildman–Crippen MR) is 105 cm³/mol. The SMILES string of the molecule is CCNCc1cccc(NC(=O)CCC(=O)c2ccc(Cl)cc2)c1.Cl. The Kier molecular flexibility index (Phi) is 9.21. The van der Waals surface area contributed by atoms with E-state index in [2.05, 4.69) is 10.6 Å². The van der Waals surface area contributed by atoms with E-state index >= 15 is 0 Å². The number of hydrogen-bond acceptors (Lipinski definition) is 3. The van der Waals surface area contributed by atoms with Crippen molar-refractivity contribution >= 4 is 41.4 Å². The molecule has 4 nitrogen and oxygen atoms in total. The van der Waals surface area contributed by atoms with Crippen LogP contribution in [0.25, 0.3) is 0 Å². The van der Waals surface area contributed by atoms with Crippen LogP contribution in [0.3, 0.4) is 0 Å². The van der Waals surface area contributed by atoms with E-state index in [1.165, 1.54) is 0 Å². The molecule has 25 heavy (non-hydrogen) atoms. The van der Waals surface area contributed by atoms with Gasteiger partial charge >= 0.3 is 0 Å². The highest BCUT2D eigenvalue weighted by Crippen LogP contribution is 2.14. The third kappa shape index (κ3) is 7.26. The van der Waals surface area contributed by atoms with Crippen molar-refractivity contribution in [2.75, 3.05) is 11.9 Å². The molecule has 0 aliphatic rings. The van der Waals surface area contributed by atoms with Gasteiger partial charge in [-0.2, -0.15) is 0 Å². The lowest BCUT2D eigenvalue weighted by atomic mass is 10.1. The van der Waals surface area contributed by atoms with Gasteiger partial charge in [0.25, 0.3) is 0 Å². The molecule has 2 aromatic carbocycles. The maximum Gasteiger partial charge on any atom is 0.224 e. The molecule has 6 heteroatoms. The van der Waals surface area contributed by atoms with Crippen LogP contribution in [0, 0.1) is 0 Å². The number of amides is 1. The second-order valence-corrected chi connectivity index (χ2v) is 5.90. The largest absolute Gasteiger partial charge is 0.326 e. The maximum absolute atomic E-state index is 12.1. The Balaban J connectivity index is 0.00000312. The Hall–Kier alpha value is -1.88. The maximum atomic E-state index is 12.1. The van der Waals surface area contributed by atoms with Crippen molar-refractivity contribution in [2.45, 2.75) is 26.3 Å². The standard InChI is InChI=1S/C19H21ClN2O2.ClH/c1-2-21-13-14-4-3-5-17(12-14)22-19(24)11-10-18(23)15-6-8-16(20)9-7-15;/h3-9,12,21H,2,10-11,13H2,1H3,(H,22,24);1H. The monoisotopic (exact) mass is 380 g/mol. The number of ketones is 1. The zero-order valence-corrected chi connectivity index (χ0v) is 15.6. The van der Waals surface area contributed by atoms with E-state index in [4.69, 9.17) is 11.6 Å². The number of anilines is 1. The summed E-state index contributed by atoms with van der Waals surface area (Å²) < 4.78 is 0. The van der Waals surface area contributed by atoms with Crippen LogP contribution in [0.2, 0.25) is 5.02 Å². The fraction of sp³-hybridized carbons (Fsp3) is 0.263. The lowest BCUT2D eigenvalue weighted by Gasteiger charge is -2.08. The first-order chi connectivity index (χ1) is 11.6. The fourth-order valence-corrected chi connectivity index (χ4v) is 2.39. The second-order valence-electron chi connectivity index (χ2n) is 5.46. The minimum Gasteiger partial charge on any atom is -0.326 e. The van der Waals surface area contributed by atoms with Gasteiger partial charge < -0.3 is 10.6 Å². The molecule has 0 aliphatic carbocycles. The third-order valence-electron chi connectivity index (χ3n) is 3.54. The van der Waals surface area contributed by atoms with Crippen LogP contribution >= 0.6 is 24.0 Å². The van der Waals surface area contributed by atoms with Crippen LogP contribution < -0.4 is 10.6 Å². The first-order valence-electron chi connectivity index (χ1n) is 7.96. The van der Waals surface area contributed by atoms with Gasteiger partial charge in [-0.3, -0.25) is 9.59 Å². The number of hydrogen-bond donors (Lipinski definition) is 2. The van der Waals surface area contributed by atoms with Crippen LogP contribution in [-0.2, 0) is 11.3 Å². The molecule has 0 fully saturated rings. The van der Waals surface area contributed by atoms with E-state index in [-0.39, 0.29) is 36.9 Å². The lowest BCUT2D eigenvalue weighted by molar-refractivity contribution is -0.116. The summed E-state index contributed by atoms with van der Waals surface area (Å²) in [6, 6.07) is 14.4. The van der Waals surface area contributed by atoms with Crippen molar-refractivity contribution in [1.29, 1.82) is 0 Å². The molecule has 134 valence electrons. The number of rotatable bonds is 8. The number of Topliss-reactive ketones (excluding diaryl/α,β-unsaturated/α-hetero) is 1. The Morgan fingerprint density at radius 3 is 2.44 bits per heavy atom. The molecule has 2 N–H and O–H groups in total. The number of nitrogens with one attached hydrogen (secondary N) is 2. The summed E-state index contributed by atoms with van der Waals surface area (Å²) in [5, 5.41) is 6.66. The number of carbonyl (C=O) groups excluding carboxylic acids is 2. The van der Waals surface area contributed by atoms with Crippen LogP contribution in [-0.4, -0.2) is 18.2 Å². The molecule has 0 spiro atoms. The quantitative estimate of drug-likeness (QED) is 0.664. The molecule has 0 radical (unpaired) electrons. The average Bonchev–Trinajstić information content (AvgIpc) is 2.59. The van der Waals surface area contributed by atoms with E-state index in [1.807, 2.05) is 31.2 Å². The van der Waals surface area contributed by atoms with Gasteiger partial charge in [0.05, 0.1) is 0 Å². The molecule has 0 unspecified atom stereocenters. The first-order valence-corrected chi connectivity index (χ1v) is 8.34. The van der Waals surface area contributed by atoms with Crippen molar-refractivity contribution < 1.29 is 9.59 Å². The van der Waals surface area contributed by atoms with E-state index in [0.717, 1.165) is 24.3 Å². The highest BCUT2D eigenvalue weighted by atomic mass is 35.5. The molecule has 0 atom stereocenters. The molecule has 1 amide bonds. The average molecular weight is 381 g/mol. The van der Waals surface area contributed by atoms with Gasteiger partial charge in [-0.1, -0.05) is 30.7 Å². The van der Waals surface area contributed by atoms with Gasteiger partial charge in [0.2, 0.25) is 5.91 Å². The number of benzene rings is 2.